The number of likely N-dealkylation sites (tertiary alicyclic amines) is 1. The molecule has 4 heterocycles. The lowest BCUT2D eigenvalue weighted by Crippen LogP contribution is -2.42. The highest BCUT2D eigenvalue weighted by Gasteiger charge is 2.33. The van der Waals surface area contributed by atoms with Gasteiger partial charge in [-0.3, -0.25) is 9.78 Å². The van der Waals surface area contributed by atoms with Gasteiger partial charge in [-0.15, -0.1) is 0 Å². The van der Waals surface area contributed by atoms with Gasteiger partial charge in [0.05, 0.1) is 39.9 Å². The van der Waals surface area contributed by atoms with Crippen LogP contribution in [-0.4, -0.2) is 58.2 Å². The summed E-state index contributed by atoms with van der Waals surface area (Å²) < 4.78 is 26.7. The Labute approximate surface area is 231 Å². The number of ether oxygens (including phenoxy) is 2. The van der Waals surface area contributed by atoms with Crippen LogP contribution >= 0.6 is 11.6 Å². The first kappa shape index (κ1) is 26.8. The first-order valence-corrected chi connectivity index (χ1v) is 13.3. The quantitative estimate of drug-likeness (QED) is 0.361. The molecule has 3 aromatic rings. The van der Waals surface area contributed by atoms with Crippen LogP contribution < -0.4 is 15.4 Å². The van der Waals surface area contributed by atoms with Gasteiger partial charge in [-0.25, -0.2) is 9.18 Å². The summed E-state index contributed by atoms with van der Waals surface area (Å²) in [5.41, 5.74) is 2.30. The van der Waals surface area contributed by atoms with Crippen LogP contribution in [0.15, 0.2) is 36.7 Å². The Morgan fingerprint density at radius 1 is 1.31 bits per heavy atom. The summed E-state index contributed by atoms with van der Waals surface area (Å²) in [5, 5.41) is 5.91. The Bertz CT molecular complexity index is 1400. The van der Waals surface area contributed by atoms with Gasteiger partial charge in [0.2, 0.25) is 0 Å². The van der Waals surface area contributed by atoms with Crippen molar-refractivity contribution >= 4 is 35.0 Å². The monoisotopic (exact) mass is 555 g/mol. The van der Waals surface area contributed by atoms with Gasteiger partial charge in [0.1, 0.15) is 18.0 Å². The number of aromatic amines is 1. The lowest BCUT2D eigenvalue weighted by atomic mass is 10.0. The fourth-order valence-corrected chi connectivity index (χ4v) is 5.07. The number of carbonyl (C=O) groups excluding carboxylic acids is 2. The molecule has 0 radical (unpaired) electrons. The van der Waals surface area contributed by atoms with Crippen molar-refractivity contribution in [3.05, 3.63) is 58.8 Å². The van der Waals surface area contributed by atoms with E-state index in [9.17, 15) is 14.0 Å². The van der Waals surface area contributed by atoms with E-state index in [1.54, 1.807) is 35.5 Å². The fourth-order valence-electron chi connectivity index (χ4n) is 4.90. The molecule has 0 saturated carbocycles. The number of carbonyl (C=O) groups is 2. The number of fused-ring (bicyclic) bond motifs is 1. The van der Waals surface area contributed by atoms with Crippen molar-refractivity contribution < 1.29 is 23.5 Å². The minimum Gasteiger partial charge on any atom is -0.489 e. The topological polar surface area (TPSA) is 109 Å². The SMILES string of the molecule is CC(C)(C)OC(=O)N1CCC[C@H]1COc1cnccc1-c1[nH]c2c(c1Nc1cccc(Cl)c1F)C(=O)NCC2. The predicted octanol–water partition coefficient (Wildman–Crippen LogP) is 5.68. The summed E-state index contributed by atoms with van der Waals surface area (Å²) in [6.07, 6.45) is 5.07. The molecule has 39 heavy (non-hydrogen) atoms. The average molecular weight is 556 g/mol. The van der Waals surface area contributed by atoms with E-state index in [2.05, 4.69) is 20.6 Å². The number of hydrogen-bond donors (Lipinski definition) is 3. The van der Waals surface area contributed by atoms with Gasteiger partial charge in [-0.2, -0.15) is 0 Å². The van der Waals surface area contributed by atoms with Crippen molar-refractivity contribution in [3.63, 3.8) is 0 Å². The molecule has 1 saturated heterocycles. The molecule has 0 spiro atoms. The number of aromatic nitrogens is 2. The van der Waals surface area contributed by atoms with Crippen LogP contribution in [-0.2, 0) is 11.2 Å². The fraction of sp³-hybridized carbons (Fsp3) is 0.393. The van der Waals surface area contributed by atoms with Crippen molar-refractivity contribution in [3.8, 4) is 17.0 Å². The molecule has 2 aromatic heterocycles. The Hall–Kier alpha value is -3.79. The second-order valence-corrected chi connectivity index (χ2v) is 11.0. The molecule has 2 aliphatic rings. The molecule has 2 aliphatic heterocycles. The smallest absolute Gasteiger partial charge is 0.410 e. The van der Waals surface area contributed by atoms with Crippen LogP contribution in [0.25, 0.3) is 11.3 Å². The second-order valence-electron chi connectivity index (χ2n) is 10.6. The van der Waals surface area contributed by atoms with Gasteiger partial charge >= 0.3 is 6.09 Å². The molecule has 0 unspecified atom stereocenters. The lowest BCUT2D eigenvalue weighted by Gasteiger charge is -2.28. The number of anilines is 2. The van der Waals surface area contributed by atoms with Gasteiger partial charge in [0.25, 0.3) is 5.91 Å². The number of halogens is 2. The second kappa shape index (κ2) is 10.8. The molecule has 2 amide bonds. The van der Waals surface area contributed by atoms with E-state index in [-0.39, 0.29) is 35.4 Å². The number of rotatable bonds is 6. The van der Waals surface area contributed by atoms with Crippen molar-refractivity contribution in [2.24, 2.45) is 0 Å². The molecule has 1 fully saturated rings. The van der Waals surface area contributed by atoms with Gasteiger partial charge < -0.3 is 30.0 Å². The van der Waals surface area contributed by atoms with Crippen molar-refractivity contribution in [2.45, 2.75) is 51.7 Å². The van der Waals surface area contributed by atoms with Crippen LogP contribution in [0.3, 0.4) is 0 Å². The van der Waals surface area contributed by atoms with Gasteiger partial charge in [-0.1, -0.05) is 17.7 Å². The molecule has 0 bridgehead atoms. The summed E-state index contributed by atoms with van der Waals surface area (Å²) >= 11 is 6.01. The highest BCUT2D eigenvalue weighted by atomic mass is 35.5. The summed E-state index contributed by atoms with van der Waals surface area (Å²) in [5.74, 6) is -0.424. The zero-order valence-corrected chi connectivity index (χ0v) is 22.8. The van der Waals surface area contributed by atoms with Gasteiger partial charge in [0.15, 0.2) is 5.82 Å². The Morgan fingerprint density at radius 3 is 2.92 bits per heavy atom. The van der Waals surface area contributed by atoms with E-state index in [0.29, 0.717) is 47.8 Å². The van der Waals surface area contributed by atoms with Crippen molar-refractivity contribution in [1.82, 2.24) is 20.2 Å². The minimum absolute atomic E-state index is 0.0329. The molecule has 11 heteroatoms. The number of nitrogens with one attached hydrogen (secondary N) is 3. The number of H-pyrrole nitrogens is 1. The van der Waals surface area contributed by atoms with Gasteiger partial charge in [0, 0.05) is 37.0 Å². The predicted molar refractivity (Wildman–Crippen MR) is 146 cm³/mol. The molecule has 1 atom stereocenters. The van der Waals surface area contributed by atoms with E-state index in [4.69, 9.17) is 21.1 Å². The van der Waals surface area contributed by atoms with E-state index in [1.165, 1.54) is 6.07 Å². The molecule has 9 nitrogen and oxygen atoms in total. The molecule has 206 valence electrons. The Kier molecular flexibility index (Phi) is 7.40. The van der Waals surface area contributed by atoms with Crippen LogP contribution in [0.4, 0.5) is 20.6 Å². The van der Waals surface area contributed by atoms with Gasteiger partial charge in [-0.05, 0) is 51.8 Å². The van der Waals surface area contributed by atoms with E-state index < -0.39 is 11.4 Å². The average Bonchev–Trinajstić information content (AvgIpc) is 3.50. The standard InChI is InChI=1S/C28H31ClFN5O4/c1-28(2,3)39-27(37)35-13-5-6-16(35)15-38-21-14-31-11-9-17(21)24-25(22-19(33-24)10-12-32-26(22)36)34-20-8-4-7-18(29)23(20)30/h4,7-9,11,14,16,33-34H,5-6,10,12-13,15H2,1-3H3,(H,32,36)/t16-/m0/s1. The third-order valence-electron chi connectivity index (χ3n) is 6.67. The molecular formula is C28H31ClFN5O4. The maximum absolute atomic E-state index is 14.9. The summed E-state index contributed by atoms with van der Waals surface area (Å²) in [6.45, 7) is 6.84. The number of benzene rings is 1. The molecule has 1 aromatic carbocycles. The molecule has 0 aliphatic carbocycles. The third kappa shape index (κ3) is 5.66. The van der Waals surface area contributed by atoms with Crippen LogP contribution in [0.2, 0.25) is 5.02 Å². The van der Waals surface area contributed by atoms with Crippen molar-refractivity contribution in [1.29, 1.82) is 0 Å². The largest absolute Gasteiger partial charge is 0.489 e. The first-order chi connectivity index (χ1) is 18.6. The summed E-state index contributed by atoms with van der Waals surface area (Å²) in [6, 6.07) is 6.26. The van der Waals surface area contributed by atoms with Crippen LogP contribution in [0, 0.1) is 5.82 Å². The van der Waals surface area contributed by atoms with Crippen LogP contribution in [0.1, 0.15) is 49.7 Å². The highest BCUT2D eigenvalue weighted by Crippen LogP contribution is 2.41. The van der Waals surface area contributed by atoms with Crippen LogP contribution in [0.5, 0.6) is 5.75 Å². The number of hydrogen-bond acceptors (Lipinski definition) is 6. The Morgan fingerprint density at radius 2 is 2.13 bits per heavy atom. The lowest BCUT2D eigenvalue weighted by molar-refractivity contribution is 0.0187. The van der Waals surface area contributed by atoms with E-state index >= 15 is 0 Å². The highest BCUT2D eigenvalue weighted by molar-refractivity contribution is 6.31. The number of amides is 2. The maximum atomic E-state index is 14.9. The van der Waals surface area contributed by atoms with Crippen molar-refractivity contribution in [2.75, 3.05) is 25.0 Å². The zero-order chi connectivity index (χ0) is 27.7. The molecular weight excluding hydrogens is 525 g/mol. The van der Waals surface area contributed by atoms with E-state index in [1.807, 2.05) is 20.8 Å². The minimum atomic E-state index is -0.619. The first-order valence-electron chi connectivity index (χ1n) is 12.9. The molecule has 5 rings (SSSR count). The number of pyridine rings is 1. The Balaban J connectivity index is 1.46. The normalized spacial score (nSPS) is 17.0. The van der Waals surface area contributed by atoms with E-state index in [0.717, 1.165) is 18.5 Å². The summed E-state index contributed by atoms with van der Waals surface area (Å²) in [4.78, 5) is 34.9. The number of nitrogens with zero attached hydrogens (tertiary/aromatic N) is 2. The zero-order valence-electron chi connectivity index (χ0n) is 22.1. The molecule has 3 N–H and O–H groups in total. The third-order valence-corrected chi connectivity index (χ3v) is 6.96. The maximum Gasteiger partial charge on any atom is 0.410 e. The summed E-state index contributed by atoms with van der Waals surface area (Å²) in [7, 11) is 0.